The Balaban J connectivity index is 1.62. The molecule has 0 aliphatic carbocycles. The van der Waals surface area contributed by atoms with Gasteiger partial charge >= 0.3 is 0 Å². The largest absolute Gasteiger partial charge is 0.385 e. The molecule has 3 aromatic rings. The van der Waals surface area contributed by atoms with Crippen LogP contribution < -0.4 is 0 Å². The third-order valence-corrected chi connectivity index (χ3v) is 5.40. The highest BCUT2D eigenvalue weighted by Crippen LogP contribution is 2.37. The maximum absolute atomic E-state index is 13.2. The number of carbonyl (C=O) groups is 1. The van der Waals surface area contributed by atoms with Crippen LogP contribution in [0.2, 0.25) is 0 Å². The van der Waals surface area contributed by atoms with E-state index in [9.17, 15) is 9.18 Å². The van der Waals surface area contributed by atoms with Crippen LogP contribution in [-0.4, -0.2) is 57.7 Å². The van der Waals surface area contributed by atoms with Crippen LogP contribution in [0, 0.1) is 5.82 Å². The molecule has 0 N–H and O–H groups in total. The molecule has 30 heavy (non-hydrogen) atoms. The van der Waals surface area contributed by atoms with Gasteiger partial charge in [-0.25, -0.2) is 14.4 Å². The van der Waals surface area contributed by atoms with Gasteiger partial charge in [-0.1, -0.05) is 5.16 Å². The van der Waals surface area contributed by atoms with Crippen LogP contribution in [0.15, 0.2) is 47.2 Å². The van der Waals surface area contributed by atoms with Crippen molar-refractivity contribution in [1.82, 2.24) is 25.0 Å². The molecule has 4 rings (SSSR count). The fraction of sp³-hybridized carbons (Fsp3) is 0.381. The second-order valence-electron chi connectivity index (χ2n) is 7.36. The van der Waals surface area contributed by atoms with E-state index in [0.29, 0.717) is 43.4 Å². The Morgan fingerprint density at radius 2 is 2.03 bits per heavy atom. The van der Waals surface area contributed by atoms with E-state index in [2.05, 4.69) is 20.1 Å². The van der Waals surface area contributed by atoms with E-state index in [0.717, 1.165) is 12.8 Å². The molecule has 1 aliphatic heterocycles. The van der Waals surface area contributed by atoms with E-state index in [4.69, 9.17) is 9.26 Å². The maximum Gasteiger partial charge on any atom is 0.291 e. The minimum Gasteiger partial charge on any atom is -0.385 e. The fourth-order valence-electron chi connectivity index (χ4n) is 3.80. The molecule has 0 saturated carbocycles. The average molecular weight is 411 g/mol. The van der Waals surface area contributed by atoms with Crippen molar-refractivity contribution in [1.29, 1.82) is 0 Å². The van der Waals surface area contributed by atoms with Gasteiger partial charge in [-0.05, 0) is 49.6 Å². The molecule has 1 fully saturated rings. The Morgan fingerprint density at radius 3 is 2.77 bits per heavy atom. The number of hydrogen-bond donors (Lipinski definition) is 0. The Morgan fingerprint density at radius 1 is 1.27 bits per heavy atom. The third kappa shape index (κ3) is 4.06. The van der Waals surface area contributed by atoms with Crippen LogP contribution in [0.1, 0.15) is 35.7 Å². The number of methoxy groups -OCH3 is 1. The number of nitrogens with zero attached hydrogens (tertiary/aromatic N) is 5. The highest BCUT2D eigenvalue weighted by Gasteiger charge is 2.42. The average Bonchev–Trinajstić information content (AvgIpc) is 3.29. The molecule has 1 atom stereocenters. The molecule has 8 nitrogen and oxygen atoms in total. The molecule has 1 aromatic carbocycles. The predicted octanol–water partition coefficient (Wildman–Crippen LogP) is 2.88. The summed E-state index contributed by atoms with van der Waals surface area (Å²) in [4.78, 5) is 27.4. The van der Waals surface area contributed by atoms with Crippen LogP contribution in [-0.2, 0) is 10.2 Å². The smallest absolute Gasteiger partial charge is 0.291 e. The summed E-state index contributed by atoms with van der Waals surface area (Å²) in [6.45, 7) is 1.51. The quantitative estimate of drug-likeness (QED) is 0.616. The van der Waals surface area contributed by atoms with Crippen molar-refractivity contribution in [3.63, 3.8) is 0 Å². The van der Waals surface area contributed by atoms with E-state index in [1.807, 2.05) is 0 Å². The first-order valence-corrected chi connectivity index (χ1v) is 9.77. The molecule has 3 heterocycles. The maximum atomic E-state index is 13.2. The zero-order chi connectivity index (χ0) is 21.0. The number of ether oxygens (including phenoxy) is 1. The van der Waals surface area contributed by atoms with Crippen molar-refractivity contribution in [2.45, 2.75) is 24.7 Å². The second kappa shape index (κ2) is 8.66. The minimum absolute atomic E-state index is 0.167. The van der Waals surface area contributed by atoms with Crippen molar-refractivity contribution in [2.75, 3.05) is 26.8 Å². The lowest BCUT2D eigenvalue weighted by Gasteiger charge is -2.40. The summed E-state index contributed by atoms with van der Waals surface area (Å²) in [6.07, 6.45) is 5.30. The highest BCUT2D eigenvalue weighted by atomic mass is 19.1. The number of rotatable bonds is 6. The zero-order valence-electron chi connectivity index (χ0n) is 16.6. The third-order valence-electron chi connectivity index (χ3n) is 5.40. The number of piperidine rings is 1. The topological polar surface area (TPSA) is 94.2 Å². The van der Waals surface area contributed by atoms with Crippen LogP contribution in [0.5, 0.6) is 0 Å². The Kier molecular flexibility index (Phi) is 5.80. The first-order chi connectivity index (χ1) is 14.6. The fourth-order valence-corrected chi connectivity index (χ4v) is 3.80. The van der Waals surface area contributed by atoms with Crippen LogP contribution in [0.3, 0.4) is 0 Å². The molecule has 9 heteroatoms. The summed E-state index contributed by atoms with van der Waals surface area (Å²) >= 11 is 0. The Hall–Kier alpha value is -3.20. The number of halogens is 1. The number of aromatic nitrogens is 4. The van der Waals surface area contributed by atoms with E-state index < -0.39 is 5.41 Å². The summed E-state index contributed by atoms with van der Waals surface area (Å²) in [6, 6.07) is 7.56. The van der Waals surface area contributed by atoms with Gasteiger partial charge in [0, 0.05) is 44.8 Å². The van der Waals surface area contributed by atoms with E-state index in [1.165, 1.54) is 12.1 Å². The van der Waals surface area contributed by atoms with E-state index >= 15 is 0 Å². The predicted molar refractivity (Wildman–Crippen MR) is 105 cm³/mol. The number of amides is 1. The normalized spacial score (nSPS) is 19.1. The number of benzene rings is 1. The van der Waals surface area contributed by atoms with Gasteiger partial charge in [0.15, 0.2) is 5.82 Å². The summed E-state index contributed by atoms with van der Waals surface area (Å²) < 4.78 is 24.0. The first-order valence-electron chi connectivity index (χ1n) is 9.77. The standard InChI is InChI=1S/C21H22FN5O3/c1-29-13-9-21(20-25-18(30-26-20)15-4-6-16(22)7-5-15)8-2-12-27(14-21)19(28)17-23-10-3-11-24-17/h3-7,10-11H,2,8-9,12-14H2,1H3. The first kappa shape index (κ1) is 20.1. The van der Waals surface area contributed by atoms with E-state index in [1.54, 1.807) is 42.6 Å². The lowest BCUT2D eigenvalue weighted by atomic mass is 9.76. The molecular weight excluding hydrogens is 389 g/mol. The van der Waals surface area contributed by atoms with Crippen LogP contribution in [0.25, 0.3) is 11.5 Å². The Labute approximate surface area is 173 Å². The van der Waals surface area contributed by atoms with Gasteiger partial charge in [0.25, 0.3) is 11.8 Å². The van der Waals surface area contributed by atoms with Crippen molar-refractivity contribution in [2.24, 2.45) is 0 Å². The van der Waals surface area contributed by atoms with E-state index in [-0.39, 0.29) is 17.5 Å². The van der Waals surface area contributed by atoms with Gasteiger partial charge < -0.3 is 14.2 Å². The van der Waals surface area contributed by atoms with Crippen molar-refractivity contribution < 1.29 is 18.4 Å². The molecule has 1 aliphatic rings. The lowest BCUT2D eigenvalue weighted by molar-refractivity contribution is 0.0555. The molecule has 0 radical (unpaired) electrons. The van der Waals surface area contributed by atoms with Gasteiger partial charge in [0.2, 0.25) is 5.82 Å². The summed E-state index contributed by atoms with van der Waals surface area (Å²) in [5.41, 5.74) is 0.124. The van der Waals surface area contributed by atoms with Crippen molar-refractivity contribution >= 4 is 5.91 Å². The highest BCUT2D eigenvalue weighted by molar-refractivity contribution is 5.90. The SMILES string of the molecule is COCCC1(c2noc(-c3ccc(F)cc3)n2)CCCN(C(=O)c2ncccn2)C1. The number of hydrogen-bond acceptors (Lipinski definition) is 7. The molecule has 1 saturated heterocycles. The molecule has 0 bridgehead atoms. The molecule has 0 spiro atoms. The van der Waals surface area contributed by atoms with Gasteiger partial charge in [-0.2, -0.15) is 4.98 Å². The number of carbonyl (C=O) groups excluding carboxylic acids is 1. The monoisotopic (exact) mass is 411 g/mol. The van der Waals surface area contributed by atoms with Gasteiger partial charge in [-0.3, -0.25) is 4.79 Å². The minimum atomic E-state index is -0.513. The van der Waals surface area contributed by atoms with Gasteiger partial charge in [-0.15, -0.1) is 0 Å². The molecular formula is C21H22FN5O3. The van der Waals surface area contributed by atoms with Crippen molar-refractivity contribution in [3.8, 4) is 11.5 Å². The lowest BCUT2D eigenvalue weighted by Crippen LogP contribution is -2.50. The Bertz CT molecular complexity index is 995. The molecule has 156 valence electrons. The molecule has 1 amide bonds. The van der Waals surface area contributed by atoms with Crippen LogP contribution in [0.4, 0.5) is 4.39 Å². The van der Waals surface area contributed by atoms with Gasteiger partial charge in [0.1, 0.15) is 5.82 Å². The number of likely N-dealkylation sites (tertiary alicyclic amines) is 1. The molecule has 1 unspecified atom stereocenters. The second-order valence-corrected chi connectivity index (χ2v) is 7.36. The summed E-state index contributed by atoms with van der Waals surface area (Å²) in [5.74, 6) is 0.445. The summed E-state index contributed by atoms with van der Waals surface area (Å²) in [5, 5.41) is 4.23. The van der Waals surface area contributed by atoms with Gasteiger partial charge in [0.05, 0.1) is 5.41 Å². The molecule has 2 aromatic heterocycles. The summed E-state index contributed by atoms with van der Waals surface area (Å²) in [7, 11) is 1.64. The van der Waals surface area contributed by atoms with Crippen molar-refractivity contribution in [3.05, 3.63) is 60.2 Å². The van der Waals surface area contributed by atoms with Crippen LogP contribution >= 0.6 is 0 Å². The zero-order valence-corrected chi connectivity index (χ0v) is 16.6.